The number of halogens is 1. The van der Waals surface area contributed by atoms with Crippen molar-refractivity contribution in [1.82, 2.24) is 24.9 Å². The zero-order valence-electron chi connectivity index (χ0n) is 50.0. The number of hydrogen-bond donors (Lipinski definition) is 4. The Morgan fingerprint density at radius 3 is 2.20 bits per heavy atom. The number of aldehydes is 1. The fourth-order valence-corrected chi connectivity index (χ4v) is 12.8. The van der Waals surface area contributed by atoms with E-state index in [0.29, 0.717) is 42.8 Å². The predicted molar refractivity (Wildman–Crippen MR) is 298 cm³/mol. The van der Waals surface area contributed by atoms with E-state index in [4.69, 9.17) is 42.7 Å². The van der Waals surface area contributed by atoms with E-state index in [1.165, 1.54) is 32.9 Å². The van der Waals surface area contributed by atoms with Crippen LogP contribution in [0.3, 0.4) is 0 Å². The van der Waals surface area contributed by atoms with Crippen LogP contribution in [0, 0.1) is 29.6 Å². The maximum absolute atomic E-state index is 15.0. The number of benzene rings is 1. The second kappa shape index (κ2) is 28.4. The highest BCUT2D eigenvalue weighted by Gasteiger charge is 2.56. The summed E-state index contributed by atoms with van der Waals surface area (Å²) in [7, 11) is 7.96. The van der Waals surface area contributed by atoms with Crippen LogP contribution in [-0.2, 0) is 53.9 Å². The van der Waals surface area contributed by atoms with Gasteiger partial charge in [-0.3, -0.25) is 14.6 Å². The standard InChI is InChI=1S/C59H91FN6O15/c1-16-47-59(10,72)52(69)37(6)49(63-77-32-73-12)33(2)26-58(9,76-15)54(35(4)48(36(5)55(71)80-47)46-27-57(8,75-14)53(70)38(7)79-46)81-56-50(68)44(25-34(3)78-56)65(11)24-23-42-30-66(64-62-42)45(28-60)51(74-13)40-19-17-39(18-20-40)41-21-22-43(31-67)61-29-41/h17-22,29-31,33-38,44-48,50-54,56,68-70,72H,16,23-28,32H2,1-15H3/b63-49+/t33-,34-,35+,36-,37+,38+,44+,45-,46?,47-,48+,50-,51-,52-,53+,54-,56+,57-,58-,59-/m1/s1. The van der Waals surface area contributed by atoms with Gasteiger partial charge in [-0.1, -0.05) is 75.3 Å². The number of pyridine rings is 1. The van der Waals surface area contributed by atoms with Crippen LogP contribution in [0.25, 0.3) is 11.1 Å². The third-order valence-corrected chi connectivity index (χ3v) is 17.8. The van der Waals surface area contributed by atoms with Crippen molar-refractivity contribution < 1.29 is 77.1 Å². The molecule has 2 aromatic heterocycles. The Morgan fingerprint density at radius 1 is 0.926 bits per heavy atom. The Kier molecular flexibility index (Phi) is 23.1. The van der Waals surface area contributed by atoms with Gasteiger partial charge in [0.25, 0.3) is 0 Å². The number of methoxy groups -OCH3 is 4. The summed E-state index contributed by atoms with van der Waals surface area (Å²) >= 11 is 0. The average Bonchev–Trinajstić information content (AvgIpc) is 4.12. The summed E-state index contributed by atoms with van der Waals surface area (Å²) in [6.45, 7) is 17.3. The molecule has 0 amide bonds. The molecule has 0 saturated carbocycles. The number of cyclic esters (lactones) is 1. The molecule has 20 atom stereocenters. The summed E-state index contributed by atoms with van der Waals surface area (Å²) in [5, 5.41) is 61.5. The number of esters is 1. The van der Waals surface area contributed by atoms with Crippen molar-refractivity contribution in [3.05, 3.63) is 65.7 Å². The minimum atomic E-state index is -1.95. The molecule has 22 heteroatoms. The topological polar surface area (TPSA) is 257 Å². The van der Waals surface area contributed by atoms with Gasteiger partial charge in [0.15, 0.2) is 12.6 Å². The third kappa shape index (κ3) is 14.7. The number of alkyl halides is 1. The minimum absolute atomic E-state index is 0.160. The van der Waals surface area contributed by atoms with Crippen LogP contribution >= 0.6 is 0 Å². The first-order chi connectivity index (χ1) is 38.4. The second-order valence-electron chi connectivity index (χ2n) is 23.4. The second-order valence-corrected chi connectivity index (χ2v) is 23.4. The highest BCUT2D eigenvalue weighted by atomic mass is 19.1. The van der Waals surface area contributed by atoms with E-state index < -0.39 is 132 Å². The summed E-state index contributed by atoms with van der Waals surface area (Å²) < 4.78 is 66.9. The number of ether oxygens (including phenoxy) is 8. The molecule has 3 saturated heterocycles. The highest BCUT2D eigenvalue weighted by molar-refractivity contribution is 5.89. The number of nitrogens with zero attached hydrogens (tertiary/aromatic N) is 6. The van der Waals surface area contributed by atoms with Gasteiger partial charge in [0, 0.05) is 89.6 Å². The Morgan fingerprint density at radius 2 is 1.60 bits per heavy atom. The van der Waals surface area contributed by atoms with E-state index in [1.54, 1.807) is 60.2 Å². The summed E-state index contributed by atoms with van der Waals surface area (Å²) in [4.78, 5) is 37.7. The number of hydrogen-bond acceptors (Lipinski definition) is 20. The Balaban J connectivity index is 1.31. The number of aromatic nitrogens is 4. The van der Waals surface area contributed by atoms with E-state index in [2.05, 4.69) is 20.5 Å². The lowest BCUT2D eigenvalue weighted by Gasteiger charge is -2.52. The quantitative estimate of drug-likeness (QED) is 0.0328. The van der Waals surface area contributed by atoms with Crippen molar-refractivity contribution in [2.24, 2.45) is 34.7 Å². The van der Waals surface area contributed by atoms with Crippen LogP contribution in [0.4, 0.5) is 4.39 Å². The van der Waals surface area contributed by atoms with Crippen LogP contribution in [0.5, 0.6) is 0 Å². The molecule has 1 unspecified atom stereocenters. The lowest BCUT2D eigenvalue weighted by atomic mass is 9.67. The molecule has 454 valence electrons. The molecule has 0 radical (unpaired) electrons. The molecule has 0 spiro atoms. The van der Waals surface area contributed by atoms with Crippen molar-refractivity contribution in [1.29, 1.82) is 0 Å². The van der Waals surface area contributed by atoms with Crippen LogP contribution in [0.1, 0.15) is 129 Å². The van der Waals surface area contributed by atoms with E-state index in [9.17, 15) is 30.0 Å². The molecule has 1 aromatic carbocycles. The van der Waals surface area contributed by atoms with Crippen LogP contribution in [0.2, 0.25) is 0 Å². The Hall–Kier alpha value is -4.43. The summed E-state index contributed by atoms with van der Waals surface area (Å²) in [6, 6.07) is 9.62. The monoisotopic (exact) mass is 1140 g/mol. The minimum Gasteiger partial charge on any atom is -0.459 e. The van der Waals surface area contributed by atoms with Gasteiger partial charge < -0.3 is 68.1 Å². The number of carbonyl (C=O) groups is 2. The van der Waals surface area contributed by atoms with Crippen LogP contribution < -0.4 is 0 Å². The first kappa shape index (κ1) is 65.7. The van der Waals surface area contributed by atoms with Gasteiger partial charge in [-0.15, -0.1) is 5.10 Å². The van der Waals surface area contributed by atoms with Gasteiger partial charge in [-0.2, -0.15) is 0 Å². The van der Waals surface area contributed by atoms with Gasteiger partial charge >= 0.3 is 5.97 Å². The molecule has 3 aliphatic heterocycles. The molecule has 3 aliphatic rings. The molecule has 4 N–H and O–H groups in total. The number of aliphatic hydroxyl groups excluding tert-OH is 3. The highest BCUT2D eigenvalue weighted by Crippen LogP contribution is 2.46. The first-order valence-corrected chi connectivity index (χ1v) is 28.3. The zero-order chi connectivity index (χ0) is 59.7. The van der Waals surface area contributed by atoms with Crippen molar-refractivity contribution in [3.8, 4) is 11.1 Å². The van der Waals surface area contributed by atoms with Crippen molar-refractivity contribution in [2.75, 3.05) is 55.5 Å². The van der Waals surface area contributed by atoms with Gasteiger partial charge in [-0.05, 0) is 84.0 Å². The van der Waals surface area contributed by atoms with Crippen LogP contribution in [0.15, 0.2) is 53.9 Å². The normalized spacial score (nSPS) is 36.9. The molecule has 5 heterocycles. The lowest BCUT2D eigenvalue weighted by molar-refractivity contribution is -0.305. The van der Waals surface area contributed by atoms with Crippen molar-refractivity contribution in [3.63, 3.8) is 0 Å². The molecular formula is C59H91FN6O15. The number of rotatable bonds is 20. The molecule has 3 fully saturated rings. The number of carbonyl (C=O) groups excluding carboxylic acids is 2. The van der Waals surface area contributed by atoms with Gasteiger partial charge in [0.05, 0.1) is 59.0 Å². The Labute approximate surface area is 477 Å². The SMILES string of the molecule is CC[C@H]1OC(=O)[C@H](C)[C@@H](C2C[C@@](C)(OC)[C@@H](O)[C@H](C)O2)[C@H](C)[C@@H](O[C@@H]2O[C@H](C)C[C@H](N(C)CCc3cn([C@H](CF)[C@H](OC)c4ccc(-c5ccc(C=O)nc5)cc4)nn3)[C@H]2O)[C@](C)(OC)C[C@@H](C)/C(=N\OCOC)[C@H](C)[C@@H](O)[C@]1(C)O. The summed E-state index contributed by atoms with van der Waals surface area (Å²) in [6.07, 6.45) is -4.33. The number of likely N-dealkylation sites (N-methyl/N-ethyl adjacent to an activating group) is 1. The summed E-state index contributed by atoms with van der Waals surface area (Å²) in [5.41, 5.74) is -0.600. The molecule has 3 aromatic rings. The number of aliphatic hydroxyl groups is 4. The zero-order valence-corrected chi connectivity index (χ0v) is 50.0. The molecule has 0 bridgehead atoms. The fraction of sp³-hybridized carbons (Fsp3) is 0.729. The first-order valence-electron chi connectivity index (χ1n) is 28.3. The van der Waals surface area contributed by atoms with Gasteiger partial charge in [0.2, 0.25) is 6.79 Å². The number of oxime groups is 1. The molecule has 6 rings (SSSR count). The maximum Gasteiger partial charge on any atom is 0.309 e. The van der Waals surface area contributed by atoms with E-state index >= 15 is 4.39 Å². The maximum atomic E-state index is 15.0. The summed E-state index contributed by atoms with van der Waals surface area (Å²) in [5.74, 6) is -4.39. The van der Waals surface area contributed by atoms with Crippen molar-refractivity contribution in [2.45, 2.75) is 191 Å². The predicted octanol–water partition coefficient (Wildman–Crippen LogP) is 6.10. The Bertz CT molecular complexity index is 2490. The molecule has 0 aliphatic carbocycles. The van der Waals surface area contributed by atoms with Gasteiger partial charge in [0.1, 0.15) is 48.4 Å². The van der Waals surface area contributed by atoms with Gasteiger partial charge in [-0.25, -0.2) is 9.07 Å². The van der Waals surface area contributed by atoms with E-state index in [1.807, 2.05) is 70.0 Å². The lowest BCUT2D eigenvalue weighted by Crippen LogP contribution is -2.62. The third-order valence-electron chi connectivity index (χ3n) is 17.8. The van der Waals surface area contributed by atoms with Crippen molar-refractivity contribution >= 4 is 18.0 Å². The smallest absolute Gasteiger partial charge is 0.309 e. The molecular weight excluding hydrogens is 1050 g/mol. The molecule has 21 nitrogen and oxygen atoms in total. The van der Waals surface area contributed by atoms with E-state index in [0.717, 1.165) is 16.7 Å². The fourth-order valence-electron chi connectivity index (χ4n) is 12.8. The molecule has 81 heavy (non-hydrogen) atoms. The largest absolute Gasteiger partial charge is 0.459 e. The average molecular weight is 1140 g/mol. The van der Waals surface area contributed by atoms with Crippen LogP contribution in [-0.4, -0.2) is 197 Å². The van der Waals surface area contributed by atoms with E-state index in [-0.39, 0.29) is 26.1 Å².